The van der Waals surface area contributed by atoms with Crippen LogP contribution in [0.25, 0.3) is 0 Å². The van der Waals surface area contributed by atoms with Gasteiger partial charge in [-0.05, 0) is 48.9 Å². The molecule has 0 radical (unpaired) electrons. The van der Waals surface area contributed by atoms with Crippen molar-refractivity contribution < 1.29 is 14.3 Å². The average molecular weight is 561 g/mol. The predicted octanol–water partition coefficient (Wildman–Crippen LogP) is 3.56. The van der Waals surface area contributed by atoms with Gasteiger partial charge >= 0.3 is 0 Å². The van der Waals surface area contributed by atoms with Gasteiger partial charge in [0, 0.05) is 32.7 Å². The van der Waals surface area contributed by atoms with Crippen molar-refractivity contribution >= 4 is 47.4 Å². The number of ether oxygens (including phenoxy) is 2. The number of aliphatic imine (C=N–C) groups is 1. The van der Waals surface area contributed by atoms with E-state index in [2.05, 4.69) is 15.6 Å². The van der Waals surface area contributed by atoms with Gasteiger partial charge in [-0.15, -0.1) is 24.0 Å². The van der Waals surface area contributed by atoms with Gasteiger partial charge in [0.05, 0.1) is 6.54 Å². The lowest BCUT2D eigenvalue weighted by Gasteiger charge is -2.18. The fourth-order valence-corrected chi connectivity index (χ4v) is 2.58. The fourth-order valence-electron chi connectivity index (χ4n) is 2.45. The summed E-state index contributed by atoms with van der Waals surface area (Å²) in [5.41, 5.74) is 1.01. The summed E-state index contributed by atoms with van der Waals surface area (Å²) in [7, 11) is 5.12. The molecule has 0 bridgehead atoms. The highest BCUT2D eigenvalue weighted by Crippen LogP contribution is 2.16. The first-order valence-electron chi connectivity index (χ1n) is 9.66. The molecule has 2 aromatic rings. The standard InChI is InChI=1S/C22H29ClN4O3.HI/c1-16(30-19-10-8-18(23)9-11-19)13-25-22(24-2)26-14-17-6-5-7-20(12-17)29-15-21(28)27(3)4;/h5-12,16H,13-15H2,1-4H3,(H2,24,25,26);1H. The van der Waals surface area contributed by atoms with Crippen molar-refractivity contribution in [3.63, 3.8) is 0 Å². The average Bonchev–Trinajstić information content (AvgIpc) is 2.74. The minimum absolute atomic E-state index is 0. The Balaban J connectivity index is 0.00000480. The first-order chi connectivity index (χ1) is 14.4. The van der Waals surface area contributed by atoms with Crippen LogP contribution in [0, 0.1) is 0 Å². The highest BCUT2D eigenvalue weighted by atomic mass is 127. The van der Waals surface area contributed by atoms with Crippen molar-refractivity contribution in [2.75, 3.05) is 34.3 Å². The van der Waals surface area contributed by atoms with Gasteiger partial charge in [-0.1, -0.05) is 23.7 Å². The van der Waals surface area contributed by atoms with Crippen molar-refractivity contribution in [2.24, 2.45) is 4.99 Å². The first kappa shape index (κ1) is 26.8. The number of amides is 1. The maximum atomic E-state index is 11.7. The van der Waals surface area contributed by atoms with E-state index < -0.39 is 0 Å². The topological polar surface area (TPSA) is 75.2 Å². The largest absolute Gasteiger partial charge is 0.489 e. The van der Waals surface area contributed by atoms with E-state index in [1.54, 1.807) is 33.3 Å². The Morgan fingerprint density at radius 3 is 2.48 bits per heavy atom. The summed E-state index contributed by atoms with van der Waals surface area (Å²) < 4.78 is 11.4. The molecular weight excluding hydrogens is 531 g/mol. The van der Waals surface area contributed by atoms with Gasteiger partial charge in [0.1, 0.15) is 17.6 Å². The molecule has 0 aliphatic rings. The Hall–Kier alpha value is -2.20. The minimum atomic E-state index is -0.0851. The molecule has 0 saturated heterocycles. The monoisotopic (exact) mass is 560 g/mol. The molecule has 170 valence electrons. The van der Waals surface area contributed by atoms with Crippen LogP contribution < -0.4 is 20.1 Å². The molecule has 2 rings (SSSR count). The van der Waals surface area contributed by atoms with Crippen LogP contribution >= 0.6 is 35.6 Å². The number of rotatable bonds is 9. The number of carbonyl (C=O) groups is 1. The molecule has 0 saturated carbocycles. The predicted molar refractivity (Wildman–Crippen MR) is 136 cm³/mol. The van der Waals surface area contributed by atoms with E-state index in [0.29, 0.717) is 29.8 Å². The SMILES string of the molecule is CN=C(NCc1cccc(OCC(=O)N(C)C)c1)NCC(C)Oc1ccc(Cl)cc1.I. The number of carbonyl (C=O) groups excluding carboxylic acids is 1. The first-order valence-corrected chi connectivity index (χ1v) is 10.0. The van der Waals surface area contributed by atoms with E-state index in [0.717, 1.165) is 11.3 Å². The van der Waals surface area contributed by atoms with Gasteiger partial charge in [-0.2, -0.15) is 0 Å². The van der Waals surface area contributed by atoms with Crippen LogP contribution in [0.4, 0.5) is 0 Å². The molecule has 0 spiro atoms. The number of hydrogen-bond acceptors (Lipinski definition) is 4. The van der Waals surface area contributed by atoms with Gasteiger partial charge in [0.15, 0.2) is 12.6 Å². The second kappa shape index (κ2) is 14.0. The number of nitrogens with zero attached hydrogens (tertiary/aromatic N) is 2. The van der Waals surface area contributed by atoms with Crippen molar-refractivity contribution in [3.05, 3.63) is 59.1 Å². The molecule has 1 unspecified atom stereocenters. The molecule has 1 amide bonds. The summed E-state index contributed by atoms with van der Waals surface area (Å²) in [6.45, 7) is 3.13. The van der Waals surface area contributed by atoms with E-state index in [4.69, 9.17) is 21.1 Å². The summed E-state index contributed by atoms with van der Waals surface area (Å²) >= 11 is 5.89. The van der Waals surface area contributed by atoms with Crippen LogP contribution in [0.3, 0.4) is 0 Å². The van der Waals surface area contributed by atoms with Gasteiger partial charge in [0.25, 0.3) is 5.91 Å². The van der Waals surface area contributed by atoms with E-state index in [-0.39, 0.29) is 42.6 Å². The Morgan fingerprint density at radius 1 is 1.13 bits per heavy atom. The number of benzene rings is 2. The van der Waals surface area contributed by atoms with Crippen LogP contribution in [0.1, 0.15) is 12.5 Å². The highest BCUT2D eigenvalue weighted by molar-refractivity contribution is 14.0. The maximum absolute atomic E-state index is 11.7. The van der Waals surface area contributed by atoms with Crippen LogP contribution in [-0.2, 0) is 11.3 Å². The quantitative estimate of drug-likeness (QED) is 0.279. The molecule has 0 aliphatic heterocycles. The summed E-state index contributed by atoms with van der Waals surface area (Å²) in [6.07, 6.45) is -0.0595. The molecule has 31 heavy (non-hydrogen) atoms. The number of likely N-dealkylation sites (N-methyl/N-ethyl adjacent to an activating group) is 1. The van der Waals surface area contributed by atoms with E-state index >= 15 is 0 Å². The third-order valence-corrected chi connectivity index (χ3v) is 4.40. The number of guanidine groups is 1. The molecule has 0 heterocycles. The molecule has 2 aromatic carbocycles. The molecule has 2 N–H and O–H groups in total. The lowest BCUT2D eigenvalue weighted by Crippen LogP contribution is -2.41. The van der Waals surface area contributed by atoms with Crippen molar-refractivity contribution in [3.8, 4) is 11.5 Å². The Bertz CT molecular complexity index is 847. The van der Waals surface area contributed by atoms with Crippen molar-refractivity contribution in [1.82, 2.24) is 15.5 Å². The second-order valence-corrected chi connectivity index (χ2v) is 7.35. The third-order valence-electron chi connectivity index (χ3n) is 4.15. The number of hydrogen-bond donors (Lipinski definition) is 2. The lowest BCUT2D eigenvalue weighted by molar-refractivity contribution is -0.130. The van der Waals surface area contributed by atoms with Crippen LogP contribution in [-0.4, -0.2) is 57.2 Å². The van der Waals surface area contributed by atoms with Crippen molar-refractivity contribution in [2.45, 2.75) is 19.6 Å². The van der Waals surface area contributed by atoms with Gasteiger partial charge in [0.2, 0.25) is 0 Å². The van der Waals surface area contributed by atoms with Gasteiger partial charge in [-0.25, -0.2) is 0 Å². The summed E-state index contributed by atoms with van der Waals surface area (Å²) in [5, 5.41) is 7.18. The van der Waals surface area contributed by atoms with Crippen LogP contribution in [0.15, 0.2) is 53.5 Å². The Labute approximate surface area is 206 Å². The maximum Gasteiger partial charge on any atom is 0.259 e. The van der Waals surface area contributed by atoms with Gasteiger partial charge < -0.3 is 25.0 Å². The molecule has 1 atom stereocenters. The van der Waals surface area contributed by atoms with E-state index in [9.17, 15) is 4.79 Å². The fraction of sp³-hybridized carbons (Fsp3) is 0.364. The molecule has 0 aromatic heterocycles. The molecule has 7 nitrogen and oxygen atoms in total. The molecule has 9 heteroatoms. The third kappa shape index (κ3) is 10.1. The smallest absolute Gasteiger partial charge is 0.259 e. The zero-order valence-electron chi connectivity index (χ0n) is 18.2. The Morgan fingerprint density at radius 2 is 1.84 bits per heavy atom. The molecule has 0 fully saturated rings. The van der Waals surface area contributed by atoms with Gasteiger partial charge in [-0.3, -0.25) is 9.79 Å². The summed E-state index contributed by atoms with van der Waals surface area (Å²) in [4.78, 5) is 17.4. The number of halogens is 2. The molecular formula is C22H30ClIN4O3. The highest BCUT2D eigenvalue weighted by Gasteiger charge is 2.07. The second-order valence-electron chi connectivity index (χ2n) is 6.91. The zero-order valence-corrected chi connectivity index (χ0v) is 21.3. The normalized spacial score (nSPS) is 11.7. The summed E-state index contributed by atoms with van der Waals surface area (Å²) in [5.74, 6) is 1.99. The Kier molecular flexibility index (Phi) is 12.1. The number of nitrogens with one attached hydrogen (secondary N) is 2. The van der Waals surface area contributed by atoms with E-state index in [1.807, 2.05) is 43.3 Å². The van der Waals surface area contributed by atoms with Crippen molar-refractivity contribution in [1.29, 1.82) is 0 Å². The molecule has 0 aliphatic carbocycles. The summed E-state index contributed by atoms with van der Waals surface area (Å²) in [6, 6.07) is 14.9. The van der Waals surface area contributed by atoms with Crippen LogP contribution in [0.5, 0.6) is 11.5 Å². The van der Waals surface area contributed by atoms with E-state index in [1.165, 1.54) is 4.90 Å². The lowest BCUT2D eigenvalue weighted by atomic mass is 10.2. The van der Waals surface area contributed by atoms with Crippen LogP contribution in [0.2, 0.25) is 5.02 Å². The minimum Gasteiger partial charge on any atom is -0.489 e. The zero-order chi connectivity index (χ0) is 21.9.